The lowest BCUT2D eigenvalue weighted by Gasteiger charge is -2.31. The van der Waals surface area contributed by atoms with Gasteiger partial charge >= 0.3 is 5.97 Å². The third-order valence-electron chi connectivity index (χ3n) is 3.99. The highest BCUT2D eigenvalue weighted by Gasteiger charge is 2.28. The van der Waals surface area contributed by atoms with Gasteiger partial charge in [0.1, 0.15) is 6.10 Å². The van der Waals surface area contributed by atoms with Crippen LogP contribution in [0.3, 0.4) is 0 Å². The summed E-state index contributed by atoms with van der Waals surface area (Å²) >= 11 is 1.94. The van der Waals surface area contributed by atoms with Crippen LogP contribution in [0.4, 0.5) is 0 Å². The quantitative estimate of drug-likeness (QED) is 0.716. The average molecular weight is 321 g/mol. The molecule has 4 heteroatoms. The van der Waals surface area contributed by atoms with E-state index in [4.69, 9.17) is 4.74 Å². The fraction of sp³-hybridized carbons (Fsp3) is 0.611. The Bertz CT molecular complexity index is 450. The molecule has 0 radical (unpaired) electrons. The first-order chi connectivity index (χ1) is 10.6. The summed E-state index contributed by atoms with van der Waals surface area (Å²) in [5, 5.41) is 0.442. The smallest absolute Gasteiger partial charge is 0.307 e. The molecule has 1 aliphatic rings. The first-order valence-electron chi connectivity index (χ1n) is 8.15. The molecule has 0 aliphatic heterocycles. The van der Waals surface area contributed by atoms with Gasteiger partial charge in [0.25, 0.3) is 0 Å². The van der Waals surface area contributed by atoms with E-state index in [2.05, 4.69) is 24.3 Å². The van der Waals surface area contributed by atoms with Gasteiger partial charge in [0, 0.05) is 17.5 Å². The summed E-state index contributed by atoms with van der Waals surface area (Å²) < 4.78 is 5.76. The molecule has 2 rings (SSSR count). The Morgan fingerprint density at radius 2 is 1.95 bits per heavy atom. The normalized spacial score (nSPS) is 21.8. The zero-order valence-electron chi connectivity index (χ0n) is 13.7. The molecule has 0 bridgehead atoms. The van der Waals surface area contributed by atoms with E-state index in [-0.39, 0.29) is 12.1 Å². The standard InChI is InChI=1S/C18H27NO2S/c1-19(2)13-12-18(20)21-16-10-6-7-11-17(16)22-14-15-8-4-3-5-9-15/h3-5,8-9,16-17H,6-7,10-14H2,1-2H3. The topological polar surface area (TPSA) is 29.5 Å². The molecular formula is C18H27NO2S. The summed E-state index contributed by atoms with van der Waals surface area (Å²) in [6.07, 6.45) is 5.17. The Kier molecular flexibility index (Phi) is 7.26. The Morgan fingerprint density at radius 1 is 1.23 bits per heavy atom. The second-order valence-corrected chi connectivity index (χ2v) is 7.43. The molecule has 0 N–H and O–H groups in total. The molecule has 1 saturated carbocycles. The van der Waals surface area contributed by atoms with Crippen LogP contribution >= 0.6 is 11.8 Å². The van der Waals surface area contributed by atoms with Crippen LogP contribution in [0.5, 0.6) is 0 Å². The van der Waals surface area contributed by atoms with E-state index in [1.54, 1.807) is 0 Å². The van der Waals surface area contributed by atoms with Gasteiger partial charge < -0.3 is 9.64 Å². The van der Waals surface area contributed by atoms with Crippen LogP contribution < -0.4 is 0 Å². The minimum Gasteiger partial charge on any atom is -0.461 e. The lowest BCUT2D eigenvalue weighted by atomic mass is 9.97. The van der Waals surface area contributed by atoms with Crippen LogP contribution in [0.1, 0.15) is 37.7 Å². The predicted molar refractivity (Wildman–Crippen MR) is 93.0 cm³/mol. The summed E-state index contributed by atoms with van der Waals surface area (Å²) in [5.74, 6) is 0.947. The van der Waals surface area contributed by atoms with E-state index in [9.17, 15) is 4.79 Å². The van der Waals surface area contributed by atoms with Gasteiger partial charge in [-0.3, -0.25) is 4.79 Å². The maximum absolute atomic E-state index is 12.0. The molecule has 22 heavy (non-hydrogen) atoms. The molecule has 1 fully saturated rings. The summed E-state index contributed by atoms with van der Waals surface area (Å²) in [5.41, 5.74) is 1.34. The van der Waals surface area contributed by atoms with Crippen molar-refractivity contribution in [3.63, 3.8) is 0 Å². The van der Waals surface area contributed by atoms with Gasteiger partial charge in [-0.1, -0.05) is 36.8 Å². The average Bonchev–Trinajstić information content (AvgIpc) is 2.53. The highest BCUT2D eigenvalue weighted by Crippen LogP contribution is 2.32. The molecular weight excluding hydrogens is 294 g/mol. The van der Waals surface area contributed by atoms with E-state index in [1.165, 1.54) is 18.4 Å². The van der Waals surface area contributed by atoms with Gasteiger partial charge in [0.2, 0.25) is 0 Å². The monoisotopic (exact) mass is 321 g/mol. The van der Waals surface area contributed by atoms with Crippen molar-refractivity contribution in [1.82, 2.24) is 4.90 Å². The molecule has 2 atom stereocenters. The number of ether oxygens (including phenoxy) is 1. The Balaban J connectivity index is 1.81. The predicted octanol–water partition coefficient (Wildman–Crippen LogP) is 3.73. The number of thioether (sulfide) groups is 1. The van der Waals surface area contributed by atoms with Crippen molar-refractivity contribution in [1.29, 1.82) is 0 Å². The minimum absolute atomic E-state index is 0.0501. The zero-order chi connectivity index (χ0) is 15.8. The van der Waals surface area contributed by atoms with E-state index < -0.39 is 0 Å². The van der Waals surface area contributed by atoms with Gasteiger partial charge in [0.15, 0.2) is 0 Å². The van der Waals surface area contributed by atoms with Crippen LogP contribution in [0, 0.1) is 0 Å². The minimum atomic E-state index is -0.0501. The number of esters is 1. The van der Waals surface area contributed by atoms with Gasteiger partial charge in [0.05, 0.1) is 6.42 Å². The molecule has 1 aromatic rings. The Labute approximate surface area is 138 Å². The molecule has 0 spiro atoms. The number of hydrogen-bond acceptors (Lipinski definition) is 4. The highest BCUT2D eigenvalue weighted by atomic mass is 32.2. The lowest BCUT2D eigenvalue weighted by Crippen LogP contribution is -2.33. The summed E-state index contributed by atoms with van der Waals surface area (Å²) in [7, 11) is 3.96. The van der Waals surface area contributed by atoms with E-state index in [1.807, 2.05) is 36.8 Å². The van der Waals surface area contributed by atoms with Crippen molar-refractivity contribution < 1.29 is 9.53 Å². The Hall–Kier alpha value is -1.00. The molecule has 0 aromatic heterocycles. The summed E-state index contributed by atoms with van der Waals surface area (Å²) in [4.78, 5) is 14.0. The molecule has 122 valence electrons. The molecule has 2 unspecified atom stereocenters. The third kappa shape index (κ3) is 6.01. The maximum atomic E-state index is 12.0. The first kappa shape index (κ1) is 17.4. The summed E-state index contributed by atoms with van der Waals surface area (Å²) in [6.45, 7) is 0.757. The second kappa shape index (κ2) is 9.21. The molecule has 3 nitrogen and oxygen atoms in total. The molecule has 0 amide bonds. The number of carbonyl (C=O) groups excluding carboxylic acids is 1. The van der Waals surface area contributed by atoms with Gasteiger partial charge in [-0.05, 0) is 38.9 Å². The van der Waals surface area contributed by atoms with Gasteiger partial charge in [-0.2, -0.15) is 0 Å². The van der Waals surface area contributed by atoms with Crippen LogP contribution in [-0.4, -0.2) is 42.9 Å². The van der Waals surface area contributed by atoms with Gasteiger partial charge in [-0.15, -0.1) is 11.8 Å². The number of hydrogen-bond donors (Lipinski definition) is 0. The van der Waals surface area contributed by atoms with Crippen LogP contribution in [0.15, 0.2) is 30.3 Å². The Morgan fingerprint density at radius 3 is 2.68 bits per heavy atom. The SMILES string of the molecule is CN(C)CCC(=O)OC1CCCCC1SCc1ccccc1. The fourth-order valence-corrected chi connectivity index (χ4v) is 4.05. The number of rotatable bonds is 7. The van der Waals surface area contributed by atoms with E-state index in [0.717, 1.165) is 25.1 Å². The molecule has 1 aromatic carbocycles. The van der Waals surface area contributed by atoms with Crippen LogP contribution in [0.25, 0.3) is 0 Å². The number of carbonyl (C=O) groups is 1. The molecule has 0 saturated heterocycles. The van der Waals surface area contributed by atoms with Gasteiger partial charge in [-0.25, -0.2) is 0 Å². The molecule has 1 aliphatic carbocycles. The summed E-state index contributed by atoms with van der Waals surface area (Å²) in [6, 6.07) is 10.5. The fourth-order valence-electron chi connectivity index (χ4n) is 2.71. The molecule has 0 heterocycles. The van der Waals surface area contributed by atoms with Crippen molar-refractivity contribution in [3.8, 4) is 0 Å². The number of benzene rings is 1. The van der Waals surface area contributed by atoms with Crippen molar-refractivity contribution in [3.05, 3.63) is 35.9 Å². The van der Waals surface area contributed by atoms with Crippen molar-refractivity contribution in [2.75, 3.05) is 20.6 Å². The van der Waals surface area contributed by atoms with E-state index >= 15 is 0 Å². The maximum Gasteiger partial charge on any atom is 0.307 e. The van der Waals surface area contributed by atoms with E-state index in [0.29, 0.717) is 11.7 Å². The third-order valence-corrected chi connectivity index (χ3v) is 5.46. The van der Waals surface area contributed by atoms with Crippen LogP contribution in [-0.2, 0) is 15.3 Å². The van der Waals surface area contributed by atoms with Crippen molar-refractivity contribution >= 4 is 17.7 Å². The first-order valence-corrected chi connectivity index (χ1v) is 9.20. The zero-order valence-corrected chi connectivity index (χ0v) is 14.5. The van der Waals surface area contributed by atoms with Crippen LogP contribution in [0.2, 0.25) is 0 Å². The number of nitrogens with zero attached hydrogens (tertiary/aromatic N) is 1. The highest BCUT2D eigenvalue weighted by molar-refractivity contribution is 7.99. The second-order valence-electron chi connectivity index (χ2n) is 6.20. The largest absolute Gasteiger partial charge is 0.461 e. The van der Waals surface area contributed by atoms with Crippen molar-refractivity contribution in [2.45, 2.75) is 49.2 Å². The van der Waals surface area contributed by atoms with Crippen molar-refractivity contribution in [2.24, 2.45) is 0 Å². The lowest BCUT2D eigenvalue weighted by molar-refractivity contribution is -0.150.